The van der Waals surface area contributed by atoms with E-state index in [9.17, 15) is 4.21 Å². The fourth-order valence-corrected chi connectivity index (χ4v) is 1.69. The Morgan fingerprint density at radius 2 is 1.92 bits per heavy atom. The van der Waals surface area contributed by atoms with Crippen LogP contribution in [0.2, 0.25) is 0 Å². The molecule has 0 heterocycles. The van der Waals surface area contributed by atoms with Crippen molar-refractivity contribution in [3.05, 3.63) is 35.9 Å². The molecule has 0 bridgehead atoms. The van der Waals surface area contributed by atoms with E-state index in [-0.39, 0.29) is 29.6 Å². The van der Waals surface area contributed by atoms with Crippen molar-refractivity contribution in [2.45, 2.75) is 12.7 Å². The molecule has 2 nitrogen and oxygen atoms in total. The molecular formula is C9H12NaO2S. The molecule has 1 atom stereocenters. The number of hydrogen-bond acceptors (Lipinski definition) is 2. The van der Waals surface area contributed by atoms with Gasteiger partial charge in [-0.25, -0.2) is 4.21 Å². The van der Waals surface area contributed by atoms with Crippen LogP contribution >= 0.6 is 0 Å². The van der Waals surface area contributed by atoms with Crippen LogP contribution in [0.4, 0.5) is 0 Å². The maximum Gasteiger partial charge on any atom is 0.159 e. The third-order valence-corrected chi connectivity index (χ3v) is 2.44. The average Bonchev–Trinajstić information content (AvgIpc) is 2.06. The minimum Gasteiger partial charge on any atom is -0.291 e. The summed E-state index contributed by atoms with van der Waals surface area (Å²) < 4.78 is 16.0. The zero-order chi connectivity index (χ0) is 8.81. The van der Waals surface area contributed by atoms with E-state index < -0.39 is 11.1 Å². The fraction of sp³-hybridized carbons (Fsp3) is 0.333. The smallest absolute Gasteiger partial charge is 0.159 e. The van der Waals surface area contributed by atoms with Crippen LogP contribution in [0.1, 0.15) is 12.5 Å². The molecule has 1 rings (SSSR count). The van der Waals surface area contributed by atoms with Gasteiger partial charge in [0.15, 0.2) is 11.1 Å². The first-order valence-corrected chi connectivity index (χ1v) is 5.13. The Hall–Kier alpha value is 0.330. The van der Waals surface area contributed by atoms with Gasteiger partial charge in [0, 0.05) is 29.6 Å². The molecule has 13 heavy (non-hydrogen) atoms. The summed E-state index contributed by atoms with van der Waals surface area (Å²) in [7, 11) is 0. The van der Waals surface area contributed by atoms with Crippen LogP contribution < -0.4 is 0 Å². The first-order chi connectivity index (χ1) is 5.83. The summed E-state index contributed by atoms with van der Waals surface area (Å²) in [4.78, 5) is 0. The number of rotatable bonds is 4. The van der Waals surface area contributed by atoms with Gasteiger partial charge in [0.25, 0.3) is 0 Å². The number of benzene rings is 1. The van der Waals surface area contributed by atoms with Crippen molar-refractivity contribution in [2.75, 3.05) is 6.61 Å². The maximum atomic E-state index is 11.1. The molecule has 1 aromatic carbocycles. The second kappa shape index (κ2) is 7.71. The molecule has 0 amide bonds. The largest absolute Gasteiger partial charge is 0.291 e. The van der Waals surface area contributed by atoms with Gasteiger partial charge < -0.3 is 0 Å². The maximum absolute atomic E-state index is 11.1. The first-order valence-electron chi connectivity index (χ1n) is 3.88. The van der Waals surface area contributed by atoms with E-state index in [4.69, 9.17) is 4.18 Å². The second-order valence-corrected chi connectivity index (χ2v) is 3.47. The summed E-state index contributed by atoms with van der Waals surface area (Å²) in [6.45, 7) is 2.34. The Morgan fingerprint density at radius 3 is 2.46 bits per heavy atom. The summed E-state index contributed by atoms with van der Waals surface area (Å²) in [5.41, 5.74) is 1.05. The van der Waals surface area contributed by atoms with Crippen molar-refractivity contribution in [2.24, 2.45) is 0 Å². The van der Waals surface area contributed by atoms with Crippen LogP contribution in [0.3, 0.4) is 0 Å². The summed E-state index contributed by atoms with van der Waals surface area (Å²) in [6, 6.07) is 9.68. The van der Waals surface area contributed by atoms with Gasteiger partial charge in [-0.2, -0.15) is 0 Å². The molecule has 1 unspecified atom stereocenters. The minimum atomic E-state index is -1.17. The molecule has 0 fully saturated rings. The Kier molecular flexibility index (Phi) is 7.90. The zero-order valence-electron chi connectivity index (χ0n) is 8.03. The predicted molar refractivity (Wildman–Crippen MR) is 55.7 cm³/mol. The summed E-state index contributed by atoms with van der Waals surface area (Å²) >= 11 is -1.17. The van der Waals surface area contributed by atoms with Crippen molar-refractivity contribution >= 4 is 40.6 Å². The predicted octanol–water partition coefficient (Wildman–Crippen LogP) is 1.51. The van der Waals surface area contributed by atoms with Crippen LogP contribution in [0.25, 0.3) is 0 Å². The van der Waals surface area contributed by atoms with Crippen molar-refractivity contribution in [1.29, 1.82) is 0 Å². The molecule has 1 radical (unpaired) electrons. The zero-order valence-corrected chi connectivity index (χ0v) is 10.8. The molecule has 4 heteroatoms. The van der Waals surface area contributed by atoms with Gasteiger partial charge in [0.05, 0.1) is 12.4 Å². The average molecular weight is 207 g/mol. The SMILES string of the molecule is CCOS(=O)Cc1ccccc1.[Na]. The first kappa shape index (κ1) is 13.3. The third-order valence-electron chi connectivity index (χ3n) is 1.38. The second-order valence-electron chi connectivity index (χ2n) is 2.34. The van der Waals surface area contributed by atoms with Gasteiger partial charge in [-0.3, -0.25) is 4.18 Å². The van der Waals surface area contributed by atoms with E-state index in [0.717, 1.165) is 5.56 Å². The summed E-state index contributed by atoms with van der Waals surface area (Å²) in [6.07, 6.45) is 0. The van der Waals surface area contributed by atoms with E-state index in [1.54, 1.807) is 0 Å². The van der Waals surface area contributed by atoms with Crippen LogP contribution in [0.5, 0.6) is 0 Å². The molecule has 0 spiro atoms. The van der Waals surface area contributed by atoms with E-state index >= 15 is 0 Å². The summed E-state index contributed by atoms with van der Waals surface area (Å²) in [5.74, 6) is 0.481. The van der Waals surface area contributed by atoms with E-state index in [2.05, 4.69) is 0 Å². The van der Waals surface area contributed by atoms with Crippen LogP contribution in [0.15, 0.2) is 30.3 Å². The Bertz CT molecular complexity index is 251. The molecule has 0 aromatic heterocycles. The van der Waals surface area contributed by atoms with E-state index in [1.807, 2.05) is 37.3 Å². The Morgan fingerprint density at radius 1 is 1.31 bits per heavy atom. The van der Waals surface area contributed by atoms with Crippen molar-refractivity contribution in [1.82, 2.24) is 0 Å². The molecule has 1 aromatic rings. The van der Waals surface area contributed by atoms with E-state index in [0.29, 0.717) is 12.4 Å². The van der Waals surface area contributed by atoms with Gasteiger partial charge >= 0.3 is 0 Å². The number of hydrogen-bond donors (Lipinski definition) is 0. The molecule has 0 aliphatic heterocycles. The van der Waals surface area contributed by atoms with Gasteiger partial charge in [-0.1, -0.05) is 30.3 Å². The fourth-order valence-electron chi connectivity index (χ4n) is 0.883. The van der Waals surface area contributed by atoms with Crippen LogP contribution in [-0.2, 0) is 21.0 Å². The monoisotopic (exact) mass is 207 g/mol. The topological polar surface area (TPSA) is 26.3 Å². The molecule has 67 valence electrons. The quantitative estimate of drug-likeness (QED) is 0.699. The third kappa shape index (κ3) is 5.60. The Balaban J connectivity index is 0.00000144. The van der Waals surface area contributed by atoms with Gasteiger partial charge in [0.2, 0.25) is 0 Å². The van der Waals surface area contributed by atoms with Crippen LogP contribution in [0, 0.1) is 0 Å². The molecule has 0 saturated heterocycles. The van der Waals surface area contributed by atoms with Crippen molar-refractivity contribution in [3.63, 3.8) is 0 Å². The van der Waals surface area contributed by atoms with Gasteiger partial charge in [0.1, 0.15) is 0 Å². The van der Waals surface area contributed by atoms with Crippen molar-refractivity contribution in [3.8, 4) is 0 Å². The van der Waals surface area contributed by atoms with Gasteiger partial charge in [-0.05, 0) is 12.5 Å². The molecule has 0 aliphatic carbocycles. The molecule has 0 saturated carbocycles. The van der Waals surface area contributed by atoms with Crippen molar-refractivity contribution < 1.29 is 8.39 Å². The Labute approximate surface area is 104 Å². The summed E-state index contributed by atoms with van der Waals surface area (Å²) in [5, 5.41) is 0. The molecular weight excluding hydrogens is 195 g/mol. The standard InChI is InChI=1S/C9H12O2S.Na/c1-2-11-12(10)8-9-6-4-3-5-7-9;/h3-7H,2,8H2,1H3;. The van der Waals surface area contributed by atoms with Gasteiger partial charge in [-0.15, -0.1) is 0 Å². The normalized spacial score (nSPS) is 11.8. The molecule has 0 aliphatic rings. The minimum absolute atomic E-state index is 0. The molecule has 0 N–H and O–H groups in total. The van der Waals surface area contributed by atoms with E-state index in [1.165, 1.54) is 0 Å². The van der Waals surface area contributed by atoms with Crippen LogP contribution in [-0.4, -0.2) is 40.4 Å².